The topological polar surface area (TPSA) is 45.7 Å². The third kappa shape index (κ3) is 3.72. The highest BCUT2D eigenvalue weighted by molar-refractivity contribution is 5.85. The summed E-state index contributed by atoms with van der Waals surface area (Å²) in [7, 11) is 0. The van der Waals surface area contributed by atoms with E-state index in [1.165, 1.54) is 18.4 Å². The van der Waals surface area contributed by atoms with Crippen molar-refractivity contribution in [2.75, 3.05) is 39.4 Å². The van der Waals surface area contributed by atoms with Crippen LogP contribution in [0.4, 0.5) is 0 Å². The Labute approximate surface area is 150 Å². The van der Waals surface area contributed by atoms with Crippen LogP contribution in [0.2, 0.25) is 0 Å². The van der Waals surface area contributed by atoms with E-state index in [1.54, 1.807) is 0 Å². The maximum Gasteiger partial charge on any atom is 0.230 e. The van der Waals surface area contributed by atoms with E-state index >= 15 is 0 Å². The highest BCUT2D eigenvalue weighted by atomic mass is 16.5. The fraction of sp³-hybridized carbons (Fsp3) is 0.700. The lowest BCUT2D eigenvalue weighted by atomic mass is 9.78. The molecule has 1 atom stereocenters. The second-order valence-corrected chi connectivity index (χ2v) is 8.01. The fourth-order valence-electron chi connectivity index (χ4n) is 4.81. The minimum absolute atomic E-state index is 0.129. The molecule has 136 valence electrons. The summed E-state index contributed by atoms with van der Waals surface area (Å²) in [6, 6.07) is 4.02. The number of piperidine rings is 1. The molecule has 4 heterocycles. The number of carbonyl (C=O) groups is 1. The van der Waals surface area contributed by atoms with Gasteiger partial charge in [0.1, 0.15) is 0 Å². The Morgan fingerprint density at radius 2 is 1.96 bits per heavy atom. The molecule has 0 bridgehead atoms. The van der Waals surface area contributed by atoms with Gasteiger partial charge in [-0.15, -0.1) is 0 Å². The van der Waals surface area contributed by atoms with Gasteiger partial charge < -0.3 is 14.5 Å². The first-order valence-electron chi connectivity index (χ1n) is 9.74. The summed E-state index contributed by atoms with van der Waals surface area (Å²) >= 11 is 0. The molecule has 5 heteroatoms. The number of aromatic nitrogens is 1. The van der Waals surface area contributed by atoms with Crippen molar-refractivity contribution < 1.29 is 9.53 Å². The first-order chi connectivity index (χ1) is 12.3. The molecule has 1 amide bonds. The second kappa shape index (κ2) is 7.42. The molecular weight excluding hydrogens is 314 g/mol. The highest BCUT2D eigenvalue weighted by Crippen LogP contribution is 2.41. The van der Waals surface area contributed by atoms with Crippen molar-refractivity contribution in [1.29, 1.82) is 0 Å². The van der Waals surface area contributed by atoms with Crippen LogP contribution < -0.4 is 0 Å². The van der Waals surface area contributed by atoms with Crippen LogP contribution in [0.25, 0.3) is 0 Å². The van der Waals surface area contributed by atoms with E-state index in [9.17, 15) is 4.79 Å². The number of nitrogens with zero attached hydrogens (tertiary/aromatic N) is 3. The predicted molar refractivity (Wildman–Crippen MR) is 95.9 cm³/mol. The summed E-state index contributed by atoms with van der Waals surface area (Å²) in [6.45, 7) is 6.68. The highest BCUT2D eigenvalue weighted by Gasteiger charge is 2.48. The monoisotopic (exact) mass is 343 g/mol. The van der Waals surface area contributed by atoms with E-state index in [0.29, 0.717) is 5.91 Å². The maximum atomic E-state index is 13.2. The summed E-state index contributed by atoms with van der Waals surface area (Å²) in [6.07, 6.45) is 9.18. The SMILES string of the molecule is O=C1N(Cc2ccncc2)CCC12CCCN(CC1CCOCC1)C2. The van der Waals surface area contributed by atoms with E-state index in [1.807, 2.05) is 24.5 Å². The Kier molecular flexibility index (Phi) is 5.04. The van der Waals surface area contributed by atoms with Crippen LogP contribution in [0.5, 0.6) is 0 Å². The summed E-state index contributed by atoms with van der Waals surface area (Å²) in [5, 5.41) is 0. The van der Waals surface area contributed by atoms with Crippen molar-refractivity contribution in [2.24, 2.45) is 11.3 Å². The molecule has 3 aliphatic heterocycles. The largest absolute Gasteiger partial charge is 0.381 e. The van der Waals surface area contributed by atoms with Crippen molar-refractivity contribution in [2.45, 2.75) is 38.6 Å². The van der Waals surface area contributed by atoms with Gasteiger partial charge in [-0.05, 0) is 62.3 Å². The van der Waals surface area contributed by atoms with Crippen LogP contribution in [0.15, 0.2) is 24.5 Å². The molecule has 0 saturated carbocycles. The lowest BCUT2D eigenvalue weighted by molar-refractivity contribution is -0.139. The first kappa shape index (κ1) is 17.0. The number of rotatable bonds is 4. The van der Waals surface area contributed by atoms with Crippen LogP contribution in [0.1, 0.15) is 37.7 Å². The summed E-state index contributed by atoms with van der Waals surface area (Å²) in [5.74, 6) is 1.12. The van der Waals surface area contributed by atoms with Gasteiger partial charge in [-0.2, -0.15) is 0 Å². The van der Waals surface area contributed by atoms with Gasteiger partial charge in [-0.3, -0.25) is 9.78 Å². The van der Waals surface area contributed by atoms with Crippen LogP contribution in [0, 0.1) is 11.3 Å². The zero-order chi connectivity index (χ0) is 17.1. The van der Waals surface area contributed by atoms with E-state index in [-0.39, 0.29) is 5.41 Å². The summed E-state index contributed by atoms with van der Waals surface area (Å²) in [4.78, 5) is 21.9. The smallest absolute Gasteiger partial charge is 0.230 e. The molecule has 5 nitrogen and oxygen atoms in total. The second-order valence-electron chi connectivity index (χ2n) is 8.01. The predicted octanol–water partition coefficient (Wildman–Crippen LogP) is 2.32. The van der Waals surface area contributed by atoms with Crippen LogP contribution in [-0.4, -0.2) is 60.1 Å². The fourth-order valence-corrected chi connectivity index (χ4v) is 4.81. The Morgan fingerprint density at radius 1 is 1.16 bits per heavy atom. The average Bonchev–Trinajstić information content (AvgIpc) is 2.93. The van der Waals surface area contributed by atoms with Gasteiger partial charge in [0, 0.05) is 51.8 Å². The molecule has 25 heavy (non-hydrogen) atoms. The van der Waals surface area contributed by atoms with Gasteiger partial charge in [0.25, 0.3) is 0 Å². The van der Waals surface area contributed by atoms with E-state index in [4.69, 9.17) is 4.74 Å². The molecule has 0 aliphatic carbocycles. The number of amides is 1. The van der Waals surface area contributed by atoms with Gasteiger partial charge in [-0.1, -0.05) is 0 Å². The molecule has 3 fully saturated rings. The zero-order valence-electron chi connectivity index (χ0n) is 15.0. The van der Waals surface area contributed by atoms with Gasteiger partial charge in [0.2, 0.25) is 5.91 Å². The summed E-state index contributed by atoms with van der Waals surface area (Å²) in [5.41, 5.74) is 1.05. The van der Waals surface area contributed by atoms with E-state index < -0.39 is 0 Å². The molecule has 3 saturated heterocycles. The van der Waals surface area contributed by atoms with E-state index in [0.717, 1.165) is 71.1 Å². The zero-order valence-corrected chi connectivity index (χ0v) is 15.0. The molecule has 0 aromatic carbocycles. The molecule has 0 radical (unpaired) electrons. The number of hydrogen-bond acceptors (Lipinski definition) is 4. The molecule has 1 spiro atoms. The minimum atomic E-state index is -0.129. The van der Waals surface area contributed by atoms with Crippen molar-refractivity contribution in [3.05, 3.63) is 30.1 Å². The van der Waals surface area contributed by atoms with Crippen molar-refractivity contribution >= 4 is 5.91 Å². The maximum absolute atomic E-state index is 13.2. The third-order valence-electron chi connectivity index (χ3n) is 6.24. The number of hydrogen-bond donors (Lipinski definition) is 0. The normalized spacial score (nSPS) is 28.8. The first-order valence-corrected chi connectivity index (χ1v) is 9.74. The number of carbonyl (C=O) groups excluding carboxylic acids is 1. The Morgan fingerprint density at radius 3 is 2.76 bits per heavy atom. The molecule has 1 aromatic heterocycles. The van der Waals surface area contributed by atoms with Gasteiger partial charge >= 0.3 is 0 Å². The molecule has 4 rings (SSSR count). The Balaban J connectivity index is 1.38. The average molecular weight is 343 g/mol. The Bertz CT molecular complexity index is 588. The Hall–Kier alpha value is -1.46. The minimum Gasteiger partial charge on any atom is -0.381 e. The van der Waals surface area contributed by atoms with Crippen molar-refractivity contribution in [3.8, 4) is 0 Å². The van der Waals surface area contributed by atoms with Gasteiger partial charge in [-0.25, -0.2) is 0 Å². The van der Waals surface area contributed by atoms with Crippen LogP contribution >= 0.6 is 0 Å². The van der Waals surface area contributed by atoms with Crippen LogP contribution in [-0.2, 0) is 16.1 Å². The lowest BCUT2D eigenvalue weighted by Crippen LogP contribution is -2.49. The van der Waals surface area contributed by atoms with E-state index in [2.05, 4.69) is 14.8 Å². The quantitative estimate of drug-likeness (QED) is 0.842. The lowest BCUT2D eigenvalue weighted by Gasteiger charge is -2.41. The van der Waals surface area contributed by atoms with Crippen molar-refractivity contribution in [1.82, 2.24) is 14.8 Å². The number of ether oxygens (including phenoxy) is 1. The third-order valence-corrected chi connectivity index (χ3v) is 6.24. The molecule has 3 aliphatic rings. The molecule has 0 N–H and O–H groups in total. The molecule has 1 aromatic rings. The molecule has 1 unspecified atom stereocenters. The standard InChI is InChI=1S/C20H29N3O2/c24-19-20(7-11-23(19)15-17-2-8-21-9-3-17)6-1-10-22(16-20)14-18-4-12-25-13-5-18/h2-3,8-9,18H,1,4-7,10-16H2. The van der Waals surface area contributed by atoms with Crippen molar-refractivity contribution in [3.63, 3.8) is 0 Å². The number of pyridine rings is 1. The summed E-state index contributed by atoms with van der Waals surface area (Å²) < 4.78 is 5.49. The molecular formula is C20H29N3O2. The van der Waals surface area contributed by atoms with Crippen LogP contribution in [0.3, 0.4) is 0 Å². The number of likely N-dealkylation sites (tertiary alicyclic amines) is 2. The van der Waals surface area contributed by atoms with Gasteiger partial charge in [0.15, 0.2) is 0 Å². The van der Waals surface area contributed by atoms with Gasteiger partial charge in [0.05, 0.1) is 5.41 Å².